The van der Waals surface area contributed by atoms with Gasteiger partial charge in [-0.3, -0.25) is 4.79 Å². The zero-order valence-corrected chi connectivity index (χ0v) is 13.5. The molecule has 6 heteroatoms. The van der Waals surface area contributed by atoms with Crippen LogP contribution in [-0.4, -0.2) is 10.9 Å². The molecule has 0 fully saturated rings. The third-order valence-corrected chi connectivity index (χ3v) is 3.76. The maximum atomic E-state index is 13.7. The summed E-state index contributed by atoms with van der Waals surface area (Å²) in [6.45, 7) is 0. The van der Waals surface area contributed by atoms with Crippen molar-refractivity contribution in [3.8, 4) is 23.0 Å². The number of benzene rings is 2. The van der Waals surface area contributed by atoms with E-state index in [0.717, 1.165) is 0 Å². The fraction of sp³-hybridized carbons (Fsp3) is 0. The minimum atomic E-state index is -0.572. The van der Waals surface area contributed by atoms with E-state index in [1.54, 1.807) is 54.9 Å². The predicted octanol–water partition coefficient (Wildman–Crippen LogP) is 4.99. The predicted molar refractivity (Wildman–Crippen MR) is 94.0 cm³/mol. The summed E-state index contributed by atoms with van der Waals surface area (Å²) in [5, 5.41) is 2.68. The molecular formula is C20H13FN2O3. The van der Waals surface area contributed by atoms with Crippen LogP contribution in [-0.2, 0) is 0 Å². The van der Waals surface area contributed by atoms with Gasteiger partial charge in [-0.05, 0) is 42.5 Å². The van der Waals surface area contributed by atoms with Crippen molar-refractivity contribution in [3.63, 3.8) is 0 Å². The molecule has 4 rings (SSSR count). The van der Waals surface area contributed by atoms with Crippen molar-refractivity contribution in [1.29, 1.82) is 0 Å². The Balaban J connectivity index is 1.57. The van der Waals surface area contributed by atoms with Gasteiger partial charge >= 0.3 is 0 Å². The summed E-state index contributed by atoms with van der Waals surface area (Å²) in [6.07, 6.45) is 3.12. The Morgan fingerprint density at radius 3 is 2.69 bits per heavy atom. The van der Waals surface area contributed by atoms with Crippen LogP contribution in [0, 0.1) is 5.82 Å². The second kappa shape index (κ2) is 6.68. The third-order valence-electron chi connectivity index (χ3n) is 3.76. The number of hydrogen-bond acceptors (Lipinski definition) is 4. The molecule has 0 saturated carbocycles. The maximum absolute atomic E-state index is 13.7. The van der Waals surface area contributed by atoms with Crippen LogP contribution in [0.3, 0.4) is 0 Å². The highest BCUT2D eigenvalue weighted by atomic mass is 19.1. The van der Waals surface area contributed by atoms with E-state index < -0.39 is 11.7 Å². The number of aromatic nitrogens is 1. The number of amides is 1. The normalized spacial score (nSPS) is 10.7. The molecule has 0 aliphatic rings. The lowest BCUT2D eigenvalue weighted by Gasteiger charge is -2.07. The molecule has 0 bridgehead atoms. The smallest absolute Gasteiger partial charge is 0.258 e. The van der Waals surface area contributed by atoms with Crippen LogP contribution in [0.25, 0.3) is 23.0 Å². The Hall–Kier alpha value is -3.67. The number of hydrogen-bond donors (Lipinski definition) is 1. The van der Waals surface area contributed by atoms with Crippen molar-refractivity contribution in [2.24, 2.45) is 0 Å². The summed E-state index contributed by atoms with van der Waals surface area (Å²) >= 11 is 0. The molecule has 2 heterocycles. The first-order chi connectivity index (χ1) is 12.7. The number of carbonyl (C=O) groups excluding carboxylic acids is 1. The summed E-state index contributed by atoms with van der Waals surface area (Å²) in [5.74, 6) is 0.373. The average Bonchev–Trinajstić information content (AvgIpc) is 3.34. The molecule has 0 spiro atoms. The van der Waals surface area contributed by atoms with E-state index in [-0.39, 0.29) is 5.56 Å². The molecule has 26 heavy (non-hydrogen) atoms. The molecule has 1 amide bonds. The number of nitrogens with zero attached hydrogens (tertiary/aromatic N) is 1. The molecule has 2 aromatic carbocycles. The topological polar surface area (TPSA) is 68.3 Å². The van der Waals surface area contributed by atoms with Gasteiger partial charge in [0.2, 0.25) is 5.89 Å². The van der Waals surface area contributed by atoms with E-state index in [9.17, 15) is 9.18 Å². The Bertz CT molecular complexity index is 1050. The molecule has 1 N–H and O–H groups in total. The molecular weight excluding hydrogens is 335 g/mol. The molecule has 5 nitrogen and oxygen atoms in total. The maximum Gasteiger partial charge on any atom is 0.258 e. The van der Waals surface area contributed by atoms with Crippen molar-refractivity contribution in [1.82, 2.24) is 4.98 Å². The number of nitrogens with one attached hydrogen (secondary N) is 1. The molecule has 0 atom stereocenters. The van der Waals surface area contributed by atoms with Crippen LogP contribution in [0.1, 0.15) is 10.4 Å². The minimum absolute atomic E-state index is 0.0193. The average molecular weight is 348 g/mol. The van der Waals surface area contributed by atoms with Crippen LogP contribution >= 0.6 is 0 Å². The van der Waals surface area contributed by atoms with Gasteiger partial charge < -0.3 is 14.2 Å². The number of rotatable bonds is 4. The first-order valence-electron chi connectivity index (χ1n) is 7.87. The van der Waals surface area contributed by atoms with Crippen molar-refractivity contribution in [2.45, 2.75) is 0 Å². The second-order valence-corrected chi connectivity index (χ2v) is 5.52. The standard InChI is InChI=1S/C20H13FN2O3/c21-16-8-2-1-7-15(16)19(24)23-14-6-3-5-13(11-14)20-22-12-18(26-20)17-9-4-10-25-17/h1-12H,(H,23,24). The van der Waals surface area contributed by atoms with Gasteiger partial charge in [-0.25, -0.2) is 9.37 Å². The molecule has 0 radical (unpaired) electrons. The summed E-state index contributed by atoms with van der Waals surface area (Å²) < 4.78 is 24.7. The lowest BCUT2D eigenvalue weighted by Crippen LogP contribution is -2.13. The van der Waals surface area contributed by atoms with Crippen LogP contribution in [0.2, 0.25) is 0 Å². The fourth-order valence-electron chi connectivity index (χ4n) is 2.51. The molecule has 0 saturated heterocycles. The largest absolute Gasteiger partial charge is 0.461 e. The zero-order chi connectivity index (χ0) is 17.9. The van der Waals surface area contributed by atoms with E-state index in [1.807, 2.05) is 0 Å². The fourth-order valence-corrected chi connectivity index (χ4v) is 2.51. The van der Waals surface area contributed by atoms with Gasteiger partial charge in [-0.2, -0.15) is 0 Å². The van der Waals surface area contributed by atoms with Crippen molar-refractivity contribution in [2.75, 3.05) is 5.32 Å². The monoisotopic (exact) mass is 348 g/mol. The summed E-state index contributed by atoms with van der Waals surface area (Å²) in [7, 11) is 0. The summed E-state index contributed by atoms with van der Waals surface area (Å²) in [5.41, 5.74) is 1.16. The number of anilines is 1. The van der Waals surface area contributed by atoms with Gasteiger partial charge in [-0.1, -0.05) is 18.2 Å². The molecule has 0 aliphatic heterocycles. The van der Waals surface area contributed by atoms with Gasteiger partial charge in [0.25, 0.3) is 5.91 Å². The van der Waals surface area contributed by atoms with Crippen LogP contribution in [0.15, 0.2) is 82.0 Å². The summed E-state index contributed by atoms with van der Waals surface area (Å²) in [4.78, 5) is 16.5. The highest BCUT2D eigenvalue weighted by Crippen LogP contribution is 2.27. The van der Waals surface area contributed by atoms with Gasteiger partial charge in [-0.15, -0.1) is 0 Å². The van der Waals surface area contributed by atoms with E-state index >= 15 is 0 Å². The van der Waals surface area contributed by atoms with Crippen LogP contribution < -0.4 is 5.32 Å². The number of halogens is 1. The van der Waals surface area contributed by atoms with Gasteiger partial charge in [0.1, 0.15) is 5.82 Å². The number of oxazole rings is 1. The van der Waals surface area contributed by atoms with Crippen molar-refractivity contribution >= 4 is 11.6 Å². The van der Waals surface area contributed by atoms with Crippen molar-refractivity contribution in [3.05, 3.63) is 84.5 Å². The van der Waals surface area contributed by atoms with Crippen molar-refractivity contribution < 1.29 is 18.0 Å². The Kier molecular flexibility index (Phi) is 4.07. The van der Waals surface area contributed by atoms with E-state index in [1.165, 1.54) is 18.2 Å². The first-order valence-corrected chi connectivity index (χ1v) is 7.87. The van der Waals surface area contributed by atoms with Crippen LogP contribution in [0.4, 0.5) is 10.1 Å². The molecule has 2 aromatic heterocycles. The van der Waals surface area contributed by atoms with E-state index in [0.29, 0.717) is 28.7 Å². The number of carbonyl (C=O) groups is 1. The molecule has 128 valence electrons. The third kappa shape index (κ3) is 3.12. The quantitative estimate of drug-likeness (QED) is 0.564. The SMILES string of the molecule is O=C(Nc1cccc(-c2ncc(-c3ccco3)o2)c1)c1ccccc1F. The second-order valence-electron chi connectivity index (χ2n) is 5.52. The Morgan fingerprint density at radius 1 is 1.00 bits per heavy atom. The van der Waals surface area contributed by atoms with Crippen LogP contribution in [0.5, 0.6) is 0 Å². The first kappa shape index (κ1) is 15.8. The van der Waals surface area contributed by atoms with Gasteiger partial charge in [0.05, 0.1) is 18.0 Å². The van der Waals surface area contributed by atoms with Gasteiger partial charge in [0.15, 0.2) is 11.5 Å². The van der Waals surface area contributed by atoms with E-state index in [4.69, 9.17) is 8.83 Å². The minimum Gasteiger partial charge on any atom is -0.461 e. The molecule has 0 aliphatic carbocycles. The molecule has 0 unspecified atom stereocenters. The summed E-state index contributed by atoms with van der Waals surface area (Å²) in [6, 6.07) is 16.3. The Labute approximate surface area is 148 Å². The number of furan rings is 1. The van der Waals surface area contributed by atoms with E-state index in [2.05, 4.69) is 10.3 Å². The zero-order valence-electron chi connectivity index (χ0n) is 13.5. The molecule has 4 aromatic rings. The highest BCUT2D eigenvalue weighted by Gasteiger charge is 2.13. The highest BCUT2D eigenvalue weighted by molar-refractivity contribution is 6.04. The lowest BCUT2D eigenvalue weighted by atomic mass is 10.1. The lowest BCUT2D eigenvalue weighted by molar-refractivity contribution is 0.102. The van der Waals surface area contributed by atoms with Gasteiger partial charge in [0, 0.05) is 11.3 Å². The Morgan fingerprint density at radius 2 is 1.88 bits per heavy atom.